The van der Waals surface area contributed by atoms with Gasteiger partial charge in [-0.3, -0.25) is 0 Å². The molecule has 5 nitrogen and oxygen atoms in total. The van der Waals surface area contributed by atoms with Crippen LogP contribution in [0.4, 0.5) is 4.79 Å². The summed E-state index contributed by atoms with van der Waals surface area (Å²) in [6, 6.07) is 6.18. The first-order chi connectivity index (χ1) is 11.3. The smallest absolute Gasteiger partial charge is 0.328 e. The zero-order chi connectivity index (χ0) is 17.7. The lowest BCUT2D eigenvalue weighted by Crippen LogP contribution is -2.39. The van der Waals surface area contributed by atoms with Gasteiger partial charge in [0.25, 0.3) is 10.0 Å². The molecule has 0 unspecified atom stereocenters. The maximum Gasteiger partial charge on any atom is 0.328 e. The number of thiophene rings is 1. The van der Waals surface area contributed by atoms with E-state index in [-0.39, 0.29) is 4.21 Å². The summed E-state index contributed by atoms with van der Waals surface area (Å²) in [6.07, 6.45) is 1.26. The Hall–Kier alpha value is -1.28. The molecular formula is C15H16Cl2N2O3S2. The van der Waals surface area contributed by atoms with Crippen molar-refractivity contribution in [2.75, 3.05) is 6.54 Å². The molecule has 0 aliphatic rings. The van der Waals surface area contributed by atoms with E-state index in [0.29, 0.717) is 35.0 Å². The van der Waals surface area contributed by atoms with Gasteiger partial charge in [0.2, 0.25) is 0 Å². The summed E-state index contributed by atoms with van der Waals surface area (Å²) in [5, 5.41) is 5.33. The van der Waals surface area contributed by atoms with E-state index in [0.717, 1.165) is 16.9 Å². The number of urea groups is 1. The van der Waals surface area contributed by atoms with E-state index in [1.54, 1.807) is 30.5 Å². The van der Waals surface area contributed by atoms with Crippen LogP contribution in [0, 0.1) is 6.92 Å². The number of benzene rings is 1. The number of hydrogen-bond donors (Lipinski definition) is 2. The molecule has 1 aromatic carbocycles. The van der Waals surface area contributed by atoms with Crippen LogP contribution in [-0.4, -0.2) is 21.0 Å². The van der Waals surface area contributed by atoms with Gasteiger partial charge in [0, 0.05) is 16.6 Å². The van der Waals surface area contributed by atoms with Crippen molar-refractivity contribution in [1.29, 1.82) is 0 Å². The lowest BCUT2D eigenvalue weighted by molar-refractivity contribution is 0.245. The van der Waals surface area contributed by atoms with E-state index in [9.17, 15) is 13.2 Å². The van der Waals surface area contributed by atoms with Gasteiger partial charge in [0.05, 0.1) is 0 Å². The van der Waals surface area contributed by atoms with E-state index >= 15 is 0 Å². The molecule has 2 aromatic rings. The Morgan fingerprint density at radius 3 is 2.62 bits per heavy atom. The van der Waals surface area contributed by atoms with Crippen LogP contribution in [-0.2, 0) is 16.4 Å². The predicted molar refractivity (Wildman–Crippen MR) is 97.6 cm³/mol. The number of rotatable bonds is 6. The van der Waals surface area contributed by atoms with Crippen LogP contribution in [0.2, 0.25) is 10.0 Å². The number of halogens is 2. The average Bonchev–Trinajstić information content (AvgIpc) is 2.92. The molecule has 0 aliphatic heterocycles. The molecule has 0 spiro atoms. The van der Waals surface area contributed by atoms with Gasteiger partial charge in [0.1, 0.15) is 4.21 Å². The summed E-state index contributed by atoms with van der Waals surface area (Å²) < 4.78 is 26.3. The van der Waals surface area contributed by atoms with E-state index in [4.69, 9.17) is 23.2 Å². The molecule has 0 saturated carbocycles. The third-order valence-corrected chi connectivity index (χ3v) is 6.82. The molecule has 2 amide bonds. The van der Waals surface area contributed by atoms with Crippen molar-refractivity contribution in [2.45, 2.75) is 24.0 Å². The highest BCUT2D eigenvalue weighted by Gasteiger charge is 2.20. The minimum atomic E-state index is -3.83. The van der Waals surface area contributed by atoms with Gasteiger partial charge >= 0.3 is 6.03 Å². The predicted octanol–water partition coefficient (Wildman–Crippen LogP) is 3.98. The Labute approximate surface area is 155 Å². The molecule has 2 N–H and O–H groups in total. The minimum Gasteiger partial charge on any atom is -0.337 e. The Morgan fingerprint density at radius 1 is 1.25 bits per heavy atom. The van der Waals surface area contributed by atoms with Crippen molar-refractivity contribution in [3.05, 3.63) is 50.8 Å². The fourth-order valence-electron chi connectivity index (χ4n) is 2.04. The van der Waals surface area contributed by atoms with Gasteiger partial charge in [-0.25, -0.2) is 17.9 Å². The Morgan fingerprint density at radius 2 is 2.00 bits per heavy atom. The number of hydrogen-bond acceptors (Lipinski definition) is 4. The number of nitrogens with one attached hydrogen (secondary N) is 2. The molecule has 0 fully saturated rings. The van der Waals surface area contributed by atoms with Gasteiger partial charge in [-0.1, -0.05) is 29.3 Å². The SMILES string of the molecule is Cc1ccsc1S(=O)(=O)NC(=O)NCCCc1ccc(Cl)cc1Cl. The molecule has 9 heteroatoms. The fourth-order valence-corrected chi connectivity index (χ4v) is 4.90. The largest absolute Gasteiger partial charge is 0.337 e. The first kappa shape index (κ1) is 19.1. The topological polar surface area (TPSA) is 75.3 Å². The summed E-state index contributed by atoms with van der Waals surface area (Å²) >= 11 is 13.0. The highest BCUT2D eigenvalue weighted by atomic mass is 35.5. The molecule has 0 bridgehead atoms. The van der Waals surface area contributed by atoms with E-state index in [1.807, 2.05) is 10.8 Å². The molecule has 1 heterocycles. The summed E-state index contributed by atoms with van der Waals surface area (Å²) in [7, 11) is -3.83. The normalized spacial score (nSPS) is 11.3. The standard InChI is InChI=1S/C15H16Cl2N2O3S2/c1-10-6-8-23-14(10)24(21,22)19-15(20)18-7-2-3-11-4-5-12(16)9-13(11)17/h4-6,8-9H,2-3,7H2,1H3,(H2,18,19,20). The van der Waals surface area contributed by atoms with Crippen LogP contribution in [0.3, 0.4) is 0 Å². The van der Waals surface area contributed by atoms with Gasteiger partial charge in [-0.15, -0.1) is 11.3 Å². The lowest BCUT2D eigenvalue weighted by atomic mass is 10.1. The number of sulfonamides is 1. The second-order valence-corrected chi connectivity index (χ2v) is 8.73. The van der Waals surface area contributed by atoms with Crippen LogP contribution < -0.4 is 10.0 Å². The highest BCUT2D eigenvalue weighted by molar-refractivity contribution is 7.92. The van der Waals surface area contributed by atoms with Crippen molar-refractivity contribution in [3.63, 3.8) is 0 Å². The second-order valence-electron chi connectivity index (χ2n) is 5.09. The number of carbonyl (C=O) groups excluding carboxylic acids is 1. The third kappa shape index (κ3) is 5.11. The minimum absolute atomic E-state index is 0.144. The van der Waals surface area contributed by atoms with Crippen molar-refractivity contribution in [1.82, 2.24) is 10.0 Å². The fraction of sp³-hybridized carbons (Fsp3) is 0.267. The van der Waals surface area contributed by atoms with Crippen molar-refractivity contribution in [2.24, 2.45) is 0 Å². The van der Waals surface area contributed by atoms with E-state index in [1.165, 1.54) is 0 Å². The van der Waals surface area contributed by atoms with E-state index < -0.39 is 16.1 Å². The summed E-state index contributed by atoms with van der Waals surface area (Å²) in [5.41, 5.74) is 1.53. The lowest BCUT2D eigenvalue weighted by Gasteiger charge is -2.09. The number of amides is 2. The molecule has 0 aliphatic carbocycles. The molecule has 2 rings (SSSR count). The maximum absolute atomic E-state index is 12.1. The average molecular weight is 407 g/mol. The molecule has 130 valence electrons. The Kier molecular flexibility index (Phi) is 6.51. The van der Waals surface area contributed by atoms with Gasteiger partial charge < -0.3 is 5.32 Å². The molecule has 24 heavy (non-hydrogen) atoms. The maximum atomic E-state index is 12.1. The van der Waals surface area contributed by atoms with Gasteiger partial charge in [-0.2, -0.15) is 0 Å². The quantitative estimate of drug-likeness (QED) is 0.712. The highest BCUT2D eigenvalue weighted by Crippen LogP contribution is 2.22. The van der Waals surface area contributed by atoms with Gasteiger partial charge in [0.15, 0.2) is 0 Å². The van der Waals surface area contributed by atoms with Gasteiger partial charge in [-0.05, 0) is 54.5 Å². The Bertz CT molecular complexity index is 835. The monoisotopic (exact) mass is 406 g/mol. The summed E-state index contributed by atoms with van der Waals surface area (Å²) in [5.74, 6) is 0. The van der Waals surface area contributed by atoms with Crippen molar-refractivity contribution < 1.29 is 13.2 Å². The van der Waals surface area contributed by atoms with Crippen LogP contribution in [0.15, 0.2) is 33.9 Å². The van der Waals surface area contributed by atoms with Crippen LogP contribution in [0.1, 0.15) is 17.5 Å². The summed E-state index contributed by atoms with van der Waals surface area (Å²) in [4.78, 5) is 11.7. The van der Waals surface area contributed by atoms with Crippen molar-refractivity contribution >= 4 is 50.6 Å². The number of aryl methyl sites for hydroxylation is 2. The molecule has 0 atom stereocenters. The zero-order valence-electron chi connectivity index (χ0n) is 12.8. The molecule has 1 aromatic heterocycles. The first-order valence-corrected chi connectivity index (χ1v) is 10.2. The van der Waals surface area contributed by atoms with Crippen LogP contribution in [0.25, 0.3) is 0 Å². The first-order valence-electron chi connectivity index (χ1n) is 7.08. The number of carbonyl (C=O) groups is 1. The van der Waals surface area contributed by atoms with Crippen LogP contribution >= 0.6 is 34.5 Å². The molecular weight excluding hydrogens is 391 g/mol. The van der Waals surface area contributed by atoms with E-state index in [2.05, 4.69) is 5.32 Å². The molecule has 0 radical (unpaired) electrons. The van der Waals surface area contributed by atoms with Crippen LogP contribution in [0.5, 0.6) is 0 Å². The Balaban J connectivity index is 1.80. The zero-order valence-corrected chi connectivity index (χ0v) is 16.0. The third-order valence-electron chi connectivity index (χ3n) is 3.21. The summed E-state index contributed by atoms with van der Waals surface area (Å²) in [6.45, 7) is 2.00. The van der Waals surface area contributed by atoms with Crippen molar-refractivity contribution in [3.8, 4) is 0 Å². The molecule has 0 saturated heterocycles. The second kappa shape index (κ2) is 8.20.